The van der Waals surface area contributed by atoms with E-state index >= 15 is 0 Å². The molecular weight excluding hydrogens is 262 g/mol. The lowest BCUT2D eigenvalue weighted by Crippen LogP contribution is -2.19. The Hall–Kier alpha value is -2.64. The number of hydrogen-bond acceptors (Lipinski definition) is 7. The SMILES string of the molecule is CNc1ncc([N+](=O)[O-])c(N(C)Cc2ccc(C)o2)n1. The molecule has 1 N–H and O–H groups in total. The molecule has 0 unspecified atom stereocenters. The van der Waals surface area contributed by atoms with Crippen LogP contribution in [0.4, 0.5) is 17.5 Å². The highest BCUT2D eigenvalue weighted by Crippen LogP contribution is 2.26. The Kier molecular flexibility index (Phi) is 3.83. The first kappa shape index (κ1) is 13.8. The van der Waals surface area contributed by atoms with Crippen molar-refractivity contribution in [1.82, 2.24) is 9.97 Å². The first-order valence-corrected chi connectivity index (χ1v) is 5.97. The van der Waals surface area contributed by atoms with Crippen LogP contribution in [0.3, 0.4) is 0 Å². The van der Waals surface area contributed by atoms with Crippen molar-refractivity contribution in [2.75, 3.05) is 24.3 Å². The van der Waals surface area contributed by atoms with E-state index in [0.29, 0.717) is 18.3 Å². The van der Waals surface area contributed by atoms with Crippen LogP contribution in [0.5, 0.6) is 0 Å². The van der Waals surface area contributed by atoms with Crippen molar-refractivity contribution < 1.29 is 9.34 Å². The fraction of sp³-hybridized carbons (Fsp3) is 0.333. The van der Waals surface area contributed by atoms with Gasteiger partial charge in [-0.1, -0.05) is 0 Å². The van der Waals surface area contributed by atoms with E-state index in [-0.39, 0.29) is 11.5 Å². The van der Waals surface area contributed by atoms with Gasteiger partial charge < -0.3 is 14.6 Å². The molecule has 0 aliphatic carbocycles. The summed E-state index contributed by atoms with van der Waals surface area (Å²) < 4.78 is 5.46. The average molecular weight is 277 g/mol. The molecular formula is C12H15N5O3. The Morgan fingerprint density at radius 3 is 2.80 bits per heavy atom. The van der Waals surface area contributed by atoms with Crippen LogP contribution in [0.2, 0.25) is 0 Å². The molecule has 0 aliphatic rings. The summed E-state index contributed by atoms with van der Waals surface area (Å²) in [7, 11) is 3.37. The van der Waals surface area contributed by atoms with E-state index in [9.17, 15) is 10.1 Å². The normalized spacial score (nSPS) is 10.3. The van der Waals surface area contributed by atoms with Crippen LogP contribution < -0.4 is 10.2 Å². The summed E-state index contributed by atoms with van der Waals surface area (Å²) in [4.78, 5) is 20.2. The van der Waals surface area contributed by atoms with Crippen LogP contribution >= 0.6 is 0 Å². The zero-order chi connectivity index (χ0) is 14.7. The predicted molar refractivity (Wildman–Crippen MR) is 73.8 cm³/mol. The monoisotopic (exact) mass is 277 g/mol. The van der Waals surface area contributed by atoms with Crippen LogP contribution in [-0.2, 0) is 6.54 Å². The average Bonchev–Trinajstić information content (AvgIpc) is 2.83. The van der Waals surface area contributed by atoms with Crippen molar-refractivity contribution in [1.29, 1.82) is 0 Å². The minimum absolute atomic E-state index is 0.144. The van der Waals surface area contributed by atoms with E-state index in [0.717, 1.165) is 5.76 Å². The zero-order valence-electron chi connectivity index (χ0n) is 11.5. The highest BCUT2D eigenvalue weighted by atomic mass is 16.6. The van der Waals surface area contributed by atoms with Gasteiger partial charge in [-0.15, -0.1) is 0 Å². The first-order valence-electron chi connectivity index (χ1n) is 5.97. The van der Waals surface area contributed by atoms with Crippen molar-refractivity contribution in [3.63, 3.8) is 0 Å². The molecule has 8 nitrogen and oxygen atoms in total. The topological polar surface area (TPSA) is 97.3 Å². The van der Waals surface area contributed by atoms with E-state index < -0.39 is 4.92 Å². The molecule has 20 heavy (non-hydrogen) atoms. The largest absolute Gasteiger partial charge is 0.464 e. The fourth-order valence-corrected chi connectivity index (χ4v) is 1.78. The highest BCUT2D eigenvalue weighted by molar-refractivity contribution is 5.58. The van der Waals surface area contributed by atoms with Crippen LogP contribution in [-0.4, -0.2) is 29.0 Å². The summed E-state index contributed by atoms with van der Waals surface area (Å²) in [5.74, 6) is 2.07. The van der Waals surface area contributed by atoms with Gasteiger partial charge in [0.25, 0.3) is 0 Å². The number of rotatable bonds is 5. The van der Waals surface area contributed by atoms with E-state index in [4.69, 9.17) is 4.42 Å². The predicted octanol–water partition coefficient (Wildman–Crippen LogP) is 1.96. The third-order valence-corrected chi connectivity index (χ3v) is 2.72. The van der Waals surface area contributed by atoms with Gasteiger partial charge in [-0.05, 0) is 19.1 Å². The summed E-state index contributed by atoms with van der Waals surface area (Å²) in [5, 5.41) is 13.8. The summed E-state index contributed by atoms with van der Waals surface area (Å²) in [5.41, 5.74) is -0.144. The maximum absolute atomic E-state index is 11.0. The molecule has 0 aliphatic heterocycles. The standard InChI is InChI=1S/C12H15N5O3/c1-8-4-5-9(20-8)7-16(3)11-10(17(18)19)6-14-12(13-2)15-11/h4-6H,7H2,1-3H3,(H,13,14,15). The van der Waals surface area contributed by atoms with Gasteiger partial charge in [-0.3, -0.25) is 10.1 Å². The molecule has 0 fully saturated rings. The van der Waals surface area contributed by atoms with E-state index in [1.807, 2.05) is 19.1 Å². The summed E-state index contributed by atoms with van der Waals surface area (Å²) in [6.07, 6.45) is 1.19. The molecule has 0 spiro atoms. The summed E-state index contributed by atoms with van der Waals surface area (Å²) in [6, 6.07) is 3.68. The number of furan rings is 1. The van der Waals surface area contributed by atoms with Crippen molar-refractivity contribution in [2.45, 2.75) is 13.5 Å². The molecule has 2 rings (SSSR count). The molecule has 106 valence electrons. The number of nitrogens with zero attached hydrogens (tertiary/aromatic N) is 4. The maximum atomic E-state index is 11.0. The van der Waals surface area contributed by atoms with Gasteiger partial charge in [0.1, 0.15) is 17.7 Å². The van der Waals surface area contributed by atoms with Gasteiger partial charge in [0.15, 0.2) is 0 Å². The third-order valence-electron chi connectivity index (χ3n) is 2.72. The minimum Gasteiger partial charge on any atom is -0.464 e. The summed E-state index contributed by atoms with van der Waals surface area (Å²) >= 11 is 0. The zero-order valence-corrected chi connectivity index (χ0v) is 11.5. The van der Waals surface area contributed by atoms with Gasteiger partial charge >= 0.3 is 5.69 Å². The second-order valence-corrected chi connectivity index (χ2v) is 4.28. The molecule has 0 saturated heterocycles. The molecule has 0 radical (unpaired) electrons. The van der Waals surface area contributed by atoms with Gasteiger partial charge in [-0.2, -0.15) is 4.98 Å². The fourth-order valence-electron chi connectivity index (χ4n) is 1.78. The van der Waals surface area contributed by atoms with Gasteiger partial charge in [-0.25, -0.2) is 4.98 Å². The lowest BCUT2D eigenvalue weighted by atomic mass is 10.3. The third kappa shape index (κ3) is 2.85. The number of nitrogens with one attached hydrogen (secondary N) is 1. The second kappa shape index (κ2) is 5.55. The molecule has 0 aromatic carbocycles. The van der Waals surface area contributed by atoms with E-state index in [1.54, 1.807) is 19.0 Å². The van der Waals surface area contributed by atoms with Crippen LogP contribution in [0, 0.1) is 17.0 Å². The number of anilines is 2. The Balaban J connectivity index is 2.31. The Labute approximate surface area is 115 Å². The molecule has 2 aromatic heterocycles. The van der Waals surface area contributed by atoms with Crippen molar-refractivity contribution >= 4 is 17.5 Å². The smallest absolute Gasteiger partial charge is 0.329 e. The van der Waals surface area contributed by atoms with Crippen LogP contribution in [0.25, 0.3) is 0 Å². The Morgan fingerprint density at radius 2 is 2.25 bits per heavy atom. The number of hydrogen-bond donors (Lipinski definition) is 1. The Bertz CT molecular complexity index is 625. The molecule has 2 heterocycles. The lowest BCUT2D eigenvalue weighted by molar-refractivity contribution is -0.384. The molecule has 0 amide bonds. The highest BCUT2D eigenvalue weighted by Gasteiger charge is 2.21. The quantitative estimate of drug-likeness (QED) is 0.659. The number of nitro groups is 1. The van der Waals surface area contributed by atoms with Gasteiger partial charge in [0.05, 0.1) is 11.5 Å². The molecule has 0 saturated carbocycles. The van der Waals surface area contributed by atoms with Crippen LogP contribution in [0.1, 0.15) is 11.5 Å². The Morgan fingerprint density at radius 1 is 1.50 bits per heavy atom. The second-order valence-electron chi connectivity index (χ2n) is 4.28. The summed E-state index contributed by atoms with van der Waals surface area (Å²) in [6.45, 7) is 2.23. The van der Waals surface area contributed by atoms with Crippen molar-refractivity contribution in [3.8, 4) is 0 Å². The molecule has 8 heteroatoms. The minimum atomic E-state index is -0.501. The van der Waals surface area contributed by atoms with Gasteiger partial charge in [0.2, 0.25) is 11.8 Å². The van der Waals surface area contributed by atoms with E-state index in [1.165, 1.54) is 6.20 Å². The van der Waals surface area contributed by atoms with E-state index in [2.05, 4.69) is 15.3 Å². The number of aromatic nitrogens is 2. The van der Waals surface area contributed by atoms with Crippen LogP contribution in [0.15, 0.2) is 22.7 Å². The first-order chi connectivity index (χ1) is 9.51. The maximum Gasteiger partial charge on any atom is 0.329 e. The lowest BCUT2D eigenvalue weighted by Gasteiger charge is -2.16. The van der Waals surface area contributed by atoms with Crippen molar-refractivity contribution in [2.24, 2.45) is 0 Å². The van der Waals surface area contributed by atoms with Gasteiger partial charge in [0, 0.05) is 14.1 Å². The molecule has 0 atom stereocenters. The van der Waals surface area contributed by atoms with Crippen molar-refractivity contribution in [3.05, 3.63) is 40.0 Å². The number of aryl methyl sites for hydroxylation is 1. The molecule has 0 bridgehead atoms. The molecule has 2 aromatic rings.